The molecule has 0 saturated heterocycles. The average molecular weight is 292 g/mol. The lowest BCUT2D eigenvalue weighted by Gasteiger charge is -2.06. The van der Waals surface area contributed by atoms with E-state index in [-0.39, 0.29) is 5.91 Å². The summed E-state index contributed by atoms with van der Waals surface area (Å²) in [5, 5.41) is 0. The molecule has 0 aliphatic rings. The number of hydrogen-bond donors (Lipinski definition) is 2. The fourth-order valence-electron chi connectivity index (χ4n) is 1.56. The molecule has 2 rings (SSSR count). The van der Waals surface area contributed by atoms with Crippen LogP contribution in [0.5, 0.6) is 5.75 Å². The van der Waals surface area contributed by atoms with E-state index in [0.29, 0.717) is 24.7 Å². The number of ether oxygens (including phenoxy) is 2. The van der Waals surface area contributed by atoms with Crippen LogP contribution in [0.15, 0.2) is 42.5 Å². The Bertz CT molecular complexity index is 542. The van der Waals surface area contributed by atoms with Crippen molar-refractivity contribution in [1.82, 2.24) is 5.43 Å². The maximum atomic E-state index is 11.3. The minimum absolute atomic E-state index is 0.284. The smallest absolute Gasteiger partial charge is 0.275 e. The van der Waals surface area contributed by atoms with E-state index in [1.165, 1.54) is 11.3 Å². The first-order chi connectivity index (χ1) is 9.79. The number of benzene rings is 1. The molecule has 1 aromatic heterocycles. The van der Waals surface area contributed by atoms with Gasteiger partial charge in [0.15, 0.2) is 0 Å². The van der Waals surface area contributed by atoms with Crippen molar-refractivity contribution in [3.8, 4) is 5.75 Å². The third-order valence-corrected chi connectivity index (χ3v) is 3.56. The normalized spacial score (nSPS) is 10.2. The number of nitrogens with two attached hydrogens (primary N) is 1. The van der Waals surface area contributed by atoms with Gasteiger partial charge in [0.1, 0.15) is 12.4 Å². The molecule has 20 heavy (non-hydrogen) atoms. The van der Waals surface area contributed by atoms with Crippen molar-refractivity contribution in [3.63, 3.8) is 0 Å². The van der Waals surface area contributed by atoms with E-state index in [9.17, 15) is 4.79 Å². The molecule has 0 radical (unpaired) electrons. The minimum Gasteiger partial charge on any atom is -0.491 e. The molecule has 0 aliphatic carbocycles. The zero-order valence-electron chi connectivity index (χ0n) is 10.9. The Balaban J connectivity index is 1.66. The maximum absolute atomic E-state index is 11.3. The first kappa shape index (κ1) is 14.5. The number of carbonyl (C=O) groups is 1. The topological polar surface area (TPSA) is 73.6 Å². The molecule has 1 heterocycles. The first-order valence-electron chi connectivity index (χ1n) is 6.15. The van der Waals surface area contributed by atoms with E-state index in [4.69, 9.17) is 15.3 Å². The highest BCUT2D eigenvalue weighted by atomic mass is 32.1. The summed E-state index contributed by atoms with van der Waals surface area (Å²) in [5.41, 5.74) is 2.10. The van der Waals surface area contributed by atoms with Gasteiger partial charge in [0.05, 0.1) is 18.1 Å². The van der Waals surface area contributed by atoms with Crippen LogP contribution < -0.4 is 16.0 Å². The zero-order chi connectivity index (χ0) is 14.2. The summed E-state index contributed by atoms with van der Waals surface area (Å²) in [6, 6.07) is 13.2. The van der Waals surface area contributed by atoms with Crippen LogP contribution in [-0.2, 0) is 11.3 Å². The van der Waals surface area contributed by atoms with E-state index in [1.54, 1.807) is 6.07 Å². The predicted octanol–water partition coefficient (Wildman–Crippen LogP) is 1.95. The molecule has 3 N–H and O–H groups in total. The fourth-order valence-corrected chi connectivity index (χ4v) is 2.41. The largest absolute Gasteiger partial charge is 0.491 e. The van der Waals surface area contributed by atoms with Gasteiger partial charge in [-0.2, -0.15) is 0 Å². The second-order valence-corrected chi connectivity index (χ2v) is 5.12. The van der Waals surface area contributed by atoms with Gasteiger partial charge >= 0.3 is 0 Å². The van der Waals surface area contributed by atoms with Crippen molar-refractivity contribution in [2.75, 3.05) is 13.2 Å². The fraction of sp³-hybridized carbons (Fsp3) is 0.214. The molecule has 1 aromatic carbocycles. The van der Waals surface area contributed by atoms with Crippen LogP contribution in [-0.4, -0.2) is 19.1 Å². The molecule has 0 unspecified atom stereocenters. The number of carbonyl (C=O) groups excluding carboxylic acids is 1. The molecule has 0 fully saturated rings. The van der Waals surface area contributed by atoms with Gasteiger partial charge in [-0.1, -0.05) is 18.2 Å². The lowest BCUT2D eigenvalue weighted by molar-refractivity contribution is 0.0905. The number of nitrogens with one attached hydrogen (secondary N) is 1. The number of para-hydroxylation sites is 1. The van der Waals surface area contributed by atoms with Crippen molar-refractivity contribution < 1.29 is 14.3 Å². The molecule has 0 spiro atoms. The summed E-state index contributed by atoms with van der Waals surface area (Å²) in [4.78, 5) is 12.8. The molecular weight excluding hydrogens is 276 g/mol. The lowest BCUT2D eigenvalue weighted by Crippen LogP contribution is -2.29. The predicted molar refractivity (Wildman–Crippen MR) is 77.6 cm³/mol. The molecular formula is C14H16N2O3S. The van der Waals surface area contributed by atoms with Gasteiger partial charge in [0, 0.05) is 4.88 Å². The van der Waals surface area contributed by atoms with Crippen LogP contribution in [0.2, 0.25) is 0 Å². The number of nitrogen functional groups attached to an aromatic ring is 1. The molecule has 2 aromatic rings. The highest BCUT2D eigenvalue weighted by molar-refractivity contribution is 7.14. The highest BCUT2D eigenvalue weighted by Crippen LogP contribution is 2.17. The van der Waals surface area contributed by atoms with Gasteiger partial charge in [-0.05, 0) is 24.3 Å². The summed E-state index contributed by atoms with van der Waals surface area (Å²) in [5.74, 6) is 5.61. The van der Waals surface area contributed by atoms with Crippen LogP contribution >= 0.6 is 11.3 Å². The van der Waals surface area contributed by atoms with E-state index in [1.807, 2.05) is 36.4 Å². The summed E-state index contributed by atoms with van der Waals surface area (Å²) < 4.78 is 11.0. The molecule has 5 nitrogen and oxygen atoms in total. The molecule has 0 atom stereocenters. The first-order valence-corrected chi connectivity index (χ1v) is 6.96. The van der Waals surface area contributed by atoms with E-state index < -0.39 is 0 Å². The van der Waals surface area contributed by atoms with Crippen LogP contribution in [0, 0.1) is 0 Å². The Hall–Kier alpha value is -1.89. The Morgan fingerprint density at radius 1 is 1.15 bits per heavy atom. The Morgan fingerprint density at radius 3 is 2.70 bits per heavy atom. The van der Waals surface area contributed by atoms with Crippen molar-refractivity contribution in [2.45, 2.75) is 6.61 Å². The summed E-state index contributed by atoms with van der Waals surface area (Å²) in [6.07, 6.45) is 0. The van der Waals surface area contributed by atoms with Crippen molar-refractivity contribution in [1.29, 1.82) is 0 Å². The van der Waals surface area contributed by atoms with E-state index in [0.717, 1.165) is 10.6 Å². The van der Waals surface area contributed by atoms with Gasteiger partial charge in [-0.3, -0.25) is 10.2 Å². The highest BCUT2D eigenvalue weighted by Gasteiger charge is 2.07. The maximum Gasteiger partial charge on any atom is 0.275 e. The summed E-state index contributed by atoms with van der Waals surface area (Å²) >= 11 is 1.36. The molecule has 1 amide bonds. The molecule has 0 aliphatic heterocycles. The number of thiophene rings is 1. The van der Waals surface area contributed by atoms with E-state index >= 15 is 0 Å². The summed E-state index contributed by atoms with van der Waals surface area (Å²) in [7, 11) is 0. The minimum atomic E-state index is -0.284. The summed E-state index contributed by atoms with van der Waals surface area (Å²) in [6.45, 7) is 1.44. The SMILES string of the molecule is NNC(=O)c1ccc(COCCOc2ccccc2)s1. The number of hydrazine groups is 1. The molecule has 6 heteroatoms. The van der Waals surface area contributed by atoms with Crippen LogP contribution in [0.4, 0.5) is 0 Å². The van der Waals surface area contributed by atoms with Gasteiger partial charge < -0.3 is 9.47 Å². The van der Waals surface area contributed by atoms with Gasteiger partial charge in [0.25, 0.3) is 5.91 Å². The Labute approximate surface area is 121 Å². The third kappa shape index (κ3) is 4.34. The quantitative estimate of drug-likeness (QED) is 0.354. The van der Waals surface area contributed by atoms with Crippen molar-refractivity contribution in [2.24, 2.45) is 5.84 Å². The van der Waals surface area contributed by atoms with Crippen LogP contribution in [0.3, 0.4) is 0 Å². The standard InChI is InChI=1S/C14H16N2O3S/c15-16-14(17)13-7-6-12(20-13)10-18-8-9-19-11-4-2-1-3-5-11/h1-7H,8-10,15H2,(H,16,17). The molecule has 0 saturated carbocycles. The number of hydrogen-bond acceptors (Lipinski definition) is 5. The van der Waals surface area contributed by atoms with Gasteiger partial charge in [0.2, 0.25) is 0 Å². The Kier molecular flexibility index (Phi) is 5.55. The van der Waals surface area contributed by atoms with Crippen LogP contribution in [0.25, 0.3) is 0 Å². The zero-order valence-corrected chi connectivity index (χ0v) is 11.7. The third-order valence-electron chi connectivity index (χ3n) is 2.50. The van der Waals surface area contributed by atoms with Crippen molar-refractivity contribution in [3.05, 3.63) is 52.2 Å². The Morgan fingerprint density at radius 2 is 1.95 bits per heavy atom. The number of rotatable bonds is 7. The number of amides is 1. The second kappa shape index (κ2) is 7.64. The monoisotopic (exact) mass is 292 g/mol. The van der Waals surface area contributed by atoms with E-state index in [2.05, 4.69) is 5.43 Å². The van der Waals surface area contributed by atoms with Crippen LogP contribution in [0.1, 0.15) is 14.5 Å². The second-order valence-electron chi connectivity index (χ2n) is 3.95. The molecule has 106 valence electrons. The molecule has 0 bridgehead atoms. The van der Waals surface area contributed by atoms with Gasteiger partial charge in [-0.25, -0.2) is 5.84 Å². The van der Waals surface area contributed by atoms with Gasteiger partial charge in [-0.15, -0.1) is 11.3 Å². The van der Waals surface area contributed by atoms with Crippen molar-refractivity contribution >= 4 is 17.2 Å². The lowest BCUT2D eigenvalue weighted by atomic mass is 10.3. The average Bonchev–Trinajstić information content (AvgIpc) is 2.96.